The van der Waals surface area contributed by atoms with E-state index in [0.29, 0.717) is 19.1 Å². The molecule has 0 aromatic heterocycles. The van der Waals surface area contributed by atoms with Gasteiger partial charge in [0.15, 0.2) is 0 Å². The number of nitrogens with zero attached hydrogens (tertiary/aromatic N) is 3. The largest absolute Gasteiger partial charge is 0.499 e. The average Bonchev–Trinajstić information content (AvgIpc) is 3.23. The molecular formula is C51H104N4O3S. The number of carbonyl (C=O) groups is 1. The molecule has 0 fully saturated rings. The van der Waals surface area contributed by atoms with E-state index in [0.717, 1.165) is 44.7 Å². The van der Waals surface area contributed by atoms with Crippen LogP contribution in [0, 0.1) is 0 Å². The zero-order chi connectivity index (χ0) is 43.7. The van der Waals surface area contributed by atoms with E-state index in [9.17, 15) is 4.79 Å². The first kappa shape index (κ1) is 59.7. The van der Waals surface area contributed by atoms with Crippen LogP contribution in [-0.4, -0.2) is 81.0 Å². The third-order valence-corrected chi connectivity index (χ3v) is 11.6. The summed E-state index contributed by atoms with van der Waals surface area (Å²) in [6.45, 7) is 17.8. The molecule has 0 unspecified atom stereocenters. The first-order chi connectivity index (χ1) is 28.9. The standard InChI is InChI=1S/C32H66N4O2S.C19H38O/c1-6-8-10-12-14-19-23-30-38-31(37)25-20-16-15-18-22-28-36(27-21-17-13-11-9-7-2)29-24-26-33-32(34-39-5)35(3)4;1-4-7-9-11-13-15-17-19(20-6-3)18-16-14-12-10-8-5-2/h6-30H2,1-5H3,(H,33,34);6,19H,3-5,7-18H2,1-2H3. The minimum atomic E-state index is -0.00101. The number of ether oxygens (including phenoxy) is 2. The predicted octanol–water partition coefficient (Wildman–Crippen LogP) is 15.5. The number of esters is 1. The van der Waals surface area contributed by atoms with Crippen molar-refractivity contribution >= 4 is 23.9 Å². The monoisotopic (exact) mass is 853 g/mol. The molecule has 0 saturated carbocycles. The molecule has 0 aliphatic rings. The van der Waals surface area contributed by atoms with Gasteiger partial charge in [0.05, 0.1) is 19.0 Å². The van der Waals surface area contributed by atoms with E-state index in [1.807, 2.05) is 25.3 Å². The second-order valence-electron chi connectivity index (χ2n) is 17.3. The van der Waals surface area contributed by atoms with E-state index in [2.05, 4.69) is 43.9 Å². The Balaban J connectivity index is 0. The van der Waals surface area contributed by atoms with Crippen LogP contribution in [0.5, 0.6) is 0 Å². The molecule has 0 aromatic carbocycles. The molecule has 0 saturated heterocycles. The number of guanidine groups is 1. The number of unbranched alkanes of at least 4 members (excludes halogenated alkanes) is 25. The number of carbonyl (C=O) groups excluding carboxylic acids is 1. The molecule has 0 heterocycles. The van der Waals surface area contributed by atoms with E-state index in [-0.39, 0.29) is 5.97 Å². The van der Waals surface area contributed by atoms with Crippen molar-refractivity contribution in [3.63, 3.8) is 0 Å². The lowest BCUT2D eigenvalue weighted by Crippen LogP contribution is -2.32. The Kier molecular flexibility index (Phi) is 51.5. The number of hydrogen-bond acceptors (Lipinski definition) is 6. The lowest BCUT2D eigenvalue weighted by molar-refractivity contribution is -0.143. The van der Waals surface area contributed by atoms with Crippen molar-refractivity contribution in [2.24, 2.45) is 4.99 Å². The minimum Gasteiger partial charge on any atom is -0.499 e. The highest BCUT2D eigenvalue weighted by molar-refractivity contribution is 7.97. The number of nitrogens with one attached hydrogen (secondary N) is 1. The summed E-state index contributed by atoms with van der Waals surface area (Å²) in [5.41, 5.74) is 0. The summed E-state index contributed by atoms with van der Waals surface area (Å²) in [6, 6.07) is 0. The van der Waals surface area contributed by atoms with Crippen LogP contribution in [0.3, 0.4) is 0 Å². The van der Waals surface area contributed by atoms with Crippen molar-refractivity contribution < 1.29 is 14.3 Å². The molecule has 8 heteroatoms. The lowest BCUT2D eigenvalue weighted by atomic mass is 10.0. The summed E-state index contributed by atoms with van der Waals surface area (Å²) >= 11 is 1.59. The lowest BCUT2D eigenvalue weighted by Gasteiger charge is -2.22. The minimum absolute atomic E-state index is 0.00101. The van der Waals surface area contributed by atoms with Crippen LogP contribution in [-0.2, 0) is 14.3 Å². The van der Waals surface area contributed by atoms with Crippen LogP contribution in [0.25, 0.3) is 0 Å². The third kappa shape index (κ3) is 47.5. The Labute approximate surface area is 374 Å². The van der Waals surface area contributed by atoms with Gasteiger partial charge in [-0.15, -0.1) is 0 Å². The Hall–Kier alpha value is -1.41. The molecule has 0 spiro atoms. The molecule has 352 valence electrons. The van der Waals surface area contributed by atoms with Crippen molar-refractivity contribution in [3.05, 3.63) is 12.8 Å². The maximum absolute atomic E-state index is 12.0. The molecule has 0 rings (SSSR count). The van der Waals surface area contributed by atoms with Gasteiger partial charge in [0.25, 0.3) is 0 Å². The summed E-state index contributed by atoms with van der Waals surface area (Å²) in [7, 11) is 4.07. The highest BCUT2D eigenvalue weighted by Gasteiger charge is 2.09. The maximum atomic E-state index is 12.0. The fourth-order valence-corrected chi connectivity index (χ4v) is 7.89. The number of hydrogen-bond donors (Lipinski definition) is 1. The van der Waals surface area contributed by atoms with Gasteiger partial charge in [-0.2, -0.15) is 0 Å². The van der Waals surface area contributed by atoms with Gasteiger partial charge in [-0.25, -0.2) is 0 Å². The van der Waals surface area contributed by atoms with Gasteiger partial charge in [0.1, 0.15) is 0 Å². The smallest absolute Gasteiger partial charge is 0.305 e. The molecule has 0 radical (unpaired) electrons. The van der Waals surface area contributed by atoms with Gasteiger partial charge >= 0.3 is 5.97 Å². The molecule has 1 N–H and O–H groups in total. The van der Waals surface area contributed by atoms with E-state index in [4.69, 9.17) is 14.5 Å². The van der Waals surface area contributed by atoms with Gasteiger partial charge in [-0.1, -0.05) is 200 Å². The predicted molar refractivity (Wildman–Crippen MR) is 265 cm³/mol. The van der Waals surface area contributed by atoms with Crippen LogP contribution in [0.15, 0.2) is 17.8 Å². The highest BCUT2D eigenvalue weighted by atomic mass is 32.2. The van der Waals surface area contributed by atoms with Crippen molar-refractivity contribution in [1.29, 1.82) is 0 Å². The topological polar surface area (TPSA) is 66.4 Å². The second kappa shape index (κ2) is 50.9. The Morgan fingerprint density at radius 1 is 0.593 bits per heavy atom. The summed E-state index contributed by atoms with van der Waals surface area (Å²) in [5.74, 6) is 0.950. The van der Waals surface area contributed by atoms with Crippen molar-refractivity contribution in [2.45, 2.75) is 252 Å². The summed E-state index contributed by atoms with van der Waals surface area (Å²) < 4.78 is 14.4. The van der Waals surface area contributed by atoms with Gasteiger partial charge in [-0.3, -0.25) is 9.79 Å². The molecule has 0 aliphatic carbocycles. The zero-order valence-corrected chi connectivity index (χ0v) is 41.7. The molecule has 0 bridgehead atoms. The summed E-state index contributed by atoms with van der Waals surface area (Å²) in [5, 5.41) is 0. The van der Waals surface area contributed by atoms with E-state index < -0.39 is 0 Å². The molecule has 0 aliphatic heterocycles. The Morgan fingerprint density at radius 3 is 1.44 bits per heavy atom. The maximum Gasteiger partial charge on any atom is 0.305 e. The summed E-state index contributed by atoms with van der Waals surface area (Å²) in [4.78, 5) is 21.4. The van der Waals surface area contributed by atoms with E-state index >= 15 is 0 Å². The summed E-state index contributed by atoms with van der Waals surface area (Å²) in [6.07, 6.45) is 47.3. The SMILES string of the molecule is C=COC(CCCCCCCC)CCCCCCCC.CCCCCCCCCOC(=O)CCCCCCCN(CCCCCCCC)CCCN=C(NSC)N(C)C. The fourth-order valence-electron chi connectivity index (χ4n) is 7.46. The van der Waals surface area contributed by atoms with Crippen molar-refractivity contribution in [1.82, 2.24) is 14.5 Å². The van der Waals surface area contributed by atoms with E-state index in [1.165, 1.54) is 199 Å². The number of rotatable bonds is 44. The van der Waals surface area contributed by atoms with Gasteiger partial charge in [0, 0.05) is 33.3 Å². The second-order valence-corrected chi connectivity index (χ2v) is 17.9. The van der Waals surface area contributed by atoms with Gasteiger partial charge < -0.3 is 24.0 Å². The molecule has 0 atom stereocenters. The molecule has 59 heavy (non-hydrogen) atoms. The highest BCUT2D eigenvalue weighted by Crippen LogP contribution is 2.17. The molecule has 0 aromatic rings. The fraction of sp³-hybridized carbons (Fsp3) is 0.922. The average molecular weight is 853 g/mol. The third-order valence-electron chi connectivity index (χ3n) is 11.3. The first-order valence-electron chi connectivity index (χ1n) is 25.5. The van der Waals surface area contributed by atoms with E-state index in [1.54, 1.807) is 18.2 Å². The zero-order valence-electron chi connectivity index (χ0n) is 40.9. The van der Waals surface area contributed by atoms with Crippen LogP contribution in [0.1, 0.15) is 246 Å². The molecular weight excluding hydrogens is 749 g/mol. The Morgan fingerprint density at radius 2 is 1.00 bits per heavy atom. The molecule has 7 nitrogen and oxygen atoms in total. The van der Waals surface area contributed by atoms with Gasteiger partial charge in [-0.05, 0) is 77.4 Å². The molecule has 0 amide bonds. The van der Waals surface area contributed by atoms with Gasteiger partial charge in [0.2, 0.25) is 5.96 Å². The van der Waals surface area contributed by atoms with Crippen LogP contribution in [0.2, 0.25) is 0 Å². The first-order valence-corrected chi connectivity index (χ1v) is 26.8. The quantitative estimate of drug-likeness (QED) is 0.0164. The van der Waals surface area contributed by atoms with Crippen LogP contribution < -0.4 is 4.72 Å². The van der Waals surface area contributed by atoms with Crippen LogP contribution >= 0.6 is 11.9 Å². The van der Waals surface area contributed by atoms with Crippen molar-refractivity contribution in [2.75, 3.05) is 53.1 Å². The normalized spacial score (nSPS) is 11.5. The van der Waals surface area contributed by atoms with Crippen LogP contribution in [0.4, 0.5) is 0 Å². The Bertz CT molecular complexity index is 858. The van der Waals surface area contributed by atoms with Crippen molar-refractivity contribution in [3.8, 4) is 0 Å². The number of aliphatic imine (C=N–C) groups is 1.